The molecular formula is C11H12N2OS. The number of hydrogen-bond acceptors (Lipinski definition) is 4. The van der Waals surface area contributed by atoms with Crippen molar-refractivity contribution in [1.29, 1.82) is 0 Å². The maximum Gasteiger partial charge on any atom is 0.162 e. The molecule has 1 N–H and O–H groups in total. The van der Waals surface area contributed by atoms with Crippen molar-refractivity contribution in [3.8, 4) is 0 Å². The molecule has 0 bridgehead atoms. The van der Waals surface area contributed by atoms with Crippen molar-refractivity contribution in [1.82, 2.24) is 9.97 Å². The molecule has 0 saturated carbocycles. The van der Waals surface area contributed by atoms with Gasteiger partial charge in [-0.1, -0.05) is 0 Å². The largest absolute Gasteiger partial charge is 0.379 e. The van der Waals surface area contributed by atoms with Gasteiger partial charge in [0.1, 0.15) is 6.10 Å². The van der Waals surface area contributed by atoms with Gasteiger partial charge in [-0.05, 0) is 36.4 Å². The molecule has 1 atom stereocenters. The summed E-state index contributed by atoms with van der Waals surface area (Å²) in [5.74, 6) is 0.464. The molecular weight excluding hydrogens is 208 g/mol. The van der Waals surface area contributed by atoms with E-state index in [1.165, 1.54) is 11.3 Å². The molecule has 0 radical (unpaired) electrons. The molecule has 2 aromatic heterocycles. The van der Waals surface area contributed by atoms with Crippen molar-refractivity contribution >= 4 is 11.3 Å². The van der Waals surface area contributed by atoms with E-state index in [4.69, 9.17) is 0 Å². The number of rotatable bonds is 2. The Hall–Kier alpha value is -1.26. The molecule has 15 heavy (non-hydrogen) atoms. The Morgan fingerprint density at radius 3 is 2.47 bits per heavy atom. The molecule has 78 valence electrons. The van der Waals surface area contributed by atoms with Gasteiger partial charge in [-0.2, -0.15) is 0 Å². The predicted octanol–water partition coefficient (Wildman–Crippen LogP) is 2.24. The average Bonchev–Trinajstić information content (AvgIpc) is 2.65. The molecule has 2 heterocycles. The van der Waals surface area contributed by atoms with Crippen LogP contribution >= 0.6 is 11.3 Å². The average molecular weight is 220 g/mol. The maximum absolute atomic E-state index is 10.0. The number of hydrogen-bond donors (Lipinski definition) is 1. The maximum atomic E-state index is 10.0. The van der Waals surface area contributed by atoms with Crippen LogP contribution in [0.2, 0.25) is 0 Å². The summed E-state index contributed by atoms with van der Waals surface area (Å²) in [7, 11) is 0. The summed E-state index contributed by atoms with van der Waals surface area (Å²) in [6, 6.07) is 1.98. The molecule has 2 rings (SSSR count). The highest BCUT2D eigenvalue weighted by atomic mass is 32.1. The third-order valence-corrected chi connectivity index (χ3v) is 3.27. The second kappa shape index (κ2) is 4.08. The molecule has 3 nitrogen and oxygen atoms in total. The minimum absolute atomic E-state index is 0.464. The first-order valence-electron chi connectivity index (χ1n) is 4.69. The van der Waals surface area contributed by atoms with E-state index in [9.17, 15) is 5.11 Å². The Morgan fingerprint density at radius 1 is 1.27 bits per heavy atom. The van der Waals surface area contributed by atoms with Gasteiger partial charge in [-0.15, -0.1) is 11.3 Å². The van der Waals surface area contributed by atoms with E-state index < -0.39 is 6.10 Å². The summed E-state index contributed by atoms with van der Waals surface area (Å²) < 4.78 is 0. The number of thiophene rings is 1. The van der Waals surface area contributed by atoms with Crippen LogP contribution in [0.4, 0.5) is 0 Å². The lowest BCUT2D eigenvalue weighted by Crippen LogP contribution is -2.04. The Balaban J connectivity index is 2.32. The van der Waals surface area contributed by atoms with Crippen molar-refractivity contribution in [2.75, 3.05) is 0 Å². The van der Waals surface area contributed by atoms with Gasteiger partial charge in [0.2, 0.25) is 0 Å². The Bertz CT molecular complexity index is 450. The smallest absolute Gasteiger partial charge is 0.162 e. The lowest BCUT2D eigenvalue weighted by atomic mass is 10.2. The minimum Gasteiger partial charge on any atom is -0.379 e. The van der Waals surface area contributed by atoms with Crippen LogP contribution in [-0.4, -0.2) is 15.1 Å². The normalized spacial score (nSPS) is 12.7. The molecule has 0 amide bonds. The highest BCUT2D eigenvalue weighted by molar-refractivity contribution is 7.10. The molecule has 4 heteroatoms. The molecule has 2 aromatic rings. The summed E-state index contributed by atoms with van der Waals surface area (Å²) in [4.78, 5) is 9.16. The molecule has 0 spiro atoms. The highest BCUT2D eigenvalue weighted by Crippen LogP contribution is 2.26. The van der Waals surface area contributed by atoms with E-state index in [1.54, 1.807) is 12.4 Å². The van der Waals surface area contributed by atoms with Crippen molar-refractivity contribution in [2.24, 2.45) is 0 Å². The quantitative estimate of drug-likeness (QED) is 0.844. The van der Waals surface area contributed by atoms with Gasteiger partial charge < -0.3 is 5.11 Å². The first-order chi connectivity index (χ1) is 7.18. The van der Waals surface area contributed by atoms with Crippen LogP contribution in [0.25, 0.3) is 0 Å². The second-order valence-corrected chi connectivity index (χ2v) is 4.44. The van der Waals surface area contributed by atoms with Crippen molar-refractivity contribution in [3.63, 3.8) is 0 Å². The van der Waals surface area contributed by atoms with E-state index >= 15 is 0 Å². The Labute approximate surface area is 92.5 Å². The zero-order valence-corrected chi connectivity index (χ0v) is 9.45. The van der Waals surface area contributed by atoms with Gasteiger partial charge in [0.05, 0.1) is 0 Å². The van der Waals surface area contributed by atoms with Gasteiger partial charge in [0.25, 0.3) is 0 Å². The molecule has 0 aliphatic carbocycles. The Kier molecular flexibility index (Phi) is 2.79. The third-order valence-electron chi connectivity index (χ3n) is 2.20. The SMILES string of the molecule is Cc1cnc(C(O)c2sccc2C)nc1. The minimum atomic E-state index is -0.703. The fraction of sp³-hybridized carbons (Fsp3) is 0.273. The highest BCUT2D eigenvalue weighted by Gasteiger charge is 2.16. The topological polar surface area (TPSA) is 46.0 Å². The molecule has 0 aliphatic heterocycles. The van der Waals surface area contributed by atoms with Crippen molar-refractivity contribution in [2.45, 2.75) is 20.0 Å². The summed E-state index contributed by atoms with van der Waals surface area (Å²) >= 11 is 1.53. The van der Waals surface area contributed by atoms with Gasteiger partial charge in [0.15, 0.2) is 5.82 Å². The van der Waals surface area contributed by atoms with Crippen LogP contribution in [0.1, 0.15) is 27.9 Å². The third kappa shape index (κ3) is 2.06. The van der Waals surface area contributed by atoms with Crippen LogP contribution in [-0.2, 0) is 0 Å². The number of aromatic nitrogens is 2. The fourth-order valence-electron chi connectivity index (χ4n) is 1.33. The van der Waals surface area contributed by atoms with Crippen LogP contribution < -0.4 is 0 Å². The zero-order chi connectivity index (χ0) is 10.8. The van der Waals surface area contributed by atoms with Crippen molar-refractivity contribution in [3.05, 3.63) is 45.7 Å². The summed E-state index contributed by atoms with van der Waals surface area (Å²) in [6.45, 7) is 3.90. The Morgan fingerprint density at radius 2 is 1.93 bits per heavy atom. The van der Waals surface area contributed by atoms with Crippen molar-refractivity contribution < 1.29 is 5.11 Å². The fourth-order valence-corrected chi connectivity index (χ4v) is 2.23. The second-order valence-electron chi connectivity index (χ2n) is 3.49. The predicted molar refractivity (Wildman–Crippen MR) is 59.9 cm³/mol. The zero-order valence-electron chi connectivity index (χ0n) is 8.64. The van der Waals surface area contributed by atoms with Crippen LogP contribution in [0.15, 0.2) is 23.8 Å². The standard InChI is InChI=1S/C11H12N2OS/c1-7-5-12-11(13-6-7)9(14)10-8(2)3-4-15-10/h3-6,9,14H,1-2H3. The van der Waals surface area contributed by atoms with Gasteiger partial charge in [-0.3, -0.25) is 0 Å². The molecule has 0 aromatic carbocycles. The van der Waals surface area contributed by atoms with E-state index in [2.05, 4.69) is 9.97 Å². The van der Waals surface area contributed by atoms with E-state index in [-0.39, 0.29) is 0 Å². The number of nitrogens with zero attached hydrogens (tertiary/aromatic N) is 2. The number of aliphatic hydroxyl groups is 1. The first-order valence-corrected chi connectivity index (χ1v) is 5.57. The van der Waals surface area contributed by atoms with Gasteiger partial charge in [-0.25, -0.2) is 9.97 Å². The monoisotopic (exact) mass is 220 g/mol. The first kappa shape index (κ1) is 10.3. The molecule has 1 unspecified atom stereocenters. The lowest BCUT2D eigenvalue weighted by molar-refractivity contribution is 0.213. The molecule has 0 fully saturated rings. The van der Waals surface area contributed by atoms with Gasteiger partial charge >= 0.3 is 0 Å². The van der Waals surface area contributed by atoms with Crippen LogP contribution in [0.3, 0.4) is 0 Å². The number of aliphatic hydroxyl groups excluding tert-OH is 1. The summed E-state index contributed by atoms with van der Waals surface area (Å²) in [6.07, 6.45) is 2.73. The van der Waals surface area contributed by atoms with E-state index in [0.29, 0.717) is 5.82 Å². The lowest BCUT2D eigenvalue weighted by Gasteiger charge is -2.08. The molecule has 0 saturated heterocycles. The van der Waals surface area contributed by atoms with Crippen LogP contribution in [0, 0.1) is 13.8 Å². The van der Waals surface area contributed by atoms with Crippen LogP contribution in [0.5, 0.6) is 0 Å². The van der Waals surface area contributed by atoms with Gasteiger partial charge in [0, 0.05) is 17.3 Å². The number of aryl methyl sites for hydroxylation is 2. The summed E-state index contributed by atoms with van der Waals surface area (Å²) in [5, 5.41) is 12.0. The summed E-state index contributed by atoms with van der Waals surface area (Å²) in [5.41, 5.74) is 2.07. The van der Waals surface area contributed by atoms with E-state index in [1.807, 2.05) is 25.3 Å². The van der Waals surface area contributed by atoms with E-state index in [0.717, 1.165) is 16.0 Å². The molecule has 0 aliphatic rings.